The lowest BCUT2D eigenvalue weighted by atomic mass is 10.0. The Balaban J connectivity index is 0.00000225. The summed E-state index contributed by atoms with van der Waals surface area (Å²) in [5, 5.41) is 3.09. The first kappa shape index (κ1) is 19.5. The van der Waals surface area contributed by atoms with Crippen LogP contribution in [0.3, 0.4) is 0 Å². The van der Waals surface area contributed by atoms with E-state index in [1.807, 2.05) is 41.0 Å². The maximum Gasteiger partial charge on any atom is 0.260 e. The second kappa shape index (κ2) is 9.06. The Labute approximate surface area is 154 Å². The van der Waals surface area contributed by atoms with Gasteiger partial charge in [-0.3, -0.25) is 9.59 Å². The van der Waals surface area contributed by atoms with Gasteiger partial charge < -0.3 is 19.9 Å². The number of piperidine rings is 1. The highest BCUT2D eigenvalue weighted by molar-refractivity contribution is 5.85. The molecule has 0 radical (unpaired) electrons. The molecule has 25 heavy (non-hydrogen) atoms. The van der Waals surface area contributed by atoms with Crippen molar-refractivity contribution >= 4 is 24.2 Å². The molecule has 2 saturated heterocycles. The van der Waals surface area contributed by atoms with Crippen LogP contribution in [0.2, 0.25) is 0 Å². The van der Waals surface area contributed by atoms with E-state index in [0.29, 0.717) is 18.8 Å². The predicted molar refractivity (Wildman–Crippen MR) is 98.1 cm³/mol. The first-order chi connectivity index (χ1) is 11.6. The van der Waals surface area contributed by atoms with Crippen molar-refractivity contribution in [2.75, 3.05) is 39.3 Å². The van der Waals surface area contributed by atoms with E-state index in [2.05, 4.69) is 5.32 Å². The molecule has 1 aromatic rings. The van der Waals surface area contributed by atoms with Crippen LogP contribution >= 0.6 is 12.4 Å². The number of halogens is 1. The van der Waals surface area contributed by atoms with Gasteiger partial charge in [-0.25, -0.2) is 0 Å². The molecule has 1 aromatic carbocycles. The van der Waals surface area contributed by atoms with Crippen LogP contribution in [-0.2, 0) is 9.59 Å². The molecule has 0 aromatic heterocycles. The number of aryl methyl sites for hydroxylation is 1. The Bertz CT molecular complexity index is 594. The maximum atomic E-state index is 12.4. The summed E-state index contributed by atoms with van der Waals surface area (Å²) in [6.45, 7) is 5.37. The molecule has 1 atom stereocenters. The fraction of sp³-hybridized carbons (Fsp3) is 0.556. The van der Waals surface area contributed by atoms with Crippen LogP contribution in [0.15, 0.2) is 24.3 Å². The molecule has 0 spiro atoms. The summed E-state index contributed by atoms with van der Waals surface area (Å²) in [5.41, 5.74) is 1.16. The van der Waals surface area contributed by atoms with Crippen LogP contribution in [0.25, 0.3) is 0 Å². The number of hydrogen-bond donors (Lipinski definition) is 1. The summed E-state index contributed by atoms with van der Waals surface area (Å²) in [6.07, 6.45) is 1.90. The van der Waals surface area contributed by atoms with E-state index in [1.54, 1.807) is 0 Å². The molecule has 3 rings (SSSR count). The van der Waals surface area contributed by atoms with Gasteiger partial charge in [0.25, 0.3) is 5.91 Å². The van der Waals surface area contributed by atoms with Gasteiger partial charge in [-0.15, -0.1) is 12.4 Å². The normalized spacial score (nSPS) is 20.8. The first-order valence-corrected chi connectivity index (χ1v) is 8.61. The van der Waals surface area contributed by atoms with Crippen LogP contribution in [0.5, 0.6) is 5.75 Å². The zero-order valence-electron chi connectivity index (χ0n) is 14.6. The van der Waals surface area contributed by atoms with Crippen LogP contribution < -0.4 is 10.1 Å². The predicted octanol–water partition coefficient (Wildman–Crippen LogP) is 1.22. The third-order valence-electron chi connectivity index (χ3n) is 4.70. The minimum atomic E-state index is -0.0112. The highest BCUT2D eigenvalue weighted by atomic mass is 35.5. The molecule has 6 nitrogen and oxygen atoms in total. The fourth-order valence-corrected chi connectivity index (χ4v) is 3.31. The highest BCUT2D eigenvalue weighted by Crippen LogP contribution is 2.18. The van der Waals surface area contributed by atoms with Crippen LogP contribution in [0.4, 0.5) is 0 Å². The van der Waals surface area contributed by atoms with Crippen molar-refractivity contribution in [1.82, 2.24) is 15.1 Å². The average molecular weight is 368 g/mol. The zero-order valence-corrected chi connectivity index (χ0v) is 15.4. The van der Waals surface area contributed by atoms with Crippen molar-refractivity contribution in [2.45, 2.75) is 25.8 Å². The quantitative estimate of drug-likeness (QED) is 0.869. The number of benzene rings is 1. The minimum Gasteiger partial charge on any atom is -0.484 e. The molecule has 0 aliphatic carbocycles. The number of piperazine rings is 1. The van der Waals surface area contributed by atoms with E-state index >= 15 is 0 Å². The van der Waals surface area contributed by atoms with Gasteiger partial charge in [0.2, 0.25) is 5.91 Å². The van der Waals surface area contributed by atoms with Crippen LogP contribution in [0.1, 0.15) is 18.4 Å². The number of carbonyl (C=O) groups excluding carboxylic acids is 2. The number of amides is 2. The van der Waals surface area contributed by atoms with E-state index in [4.69, 9.17) is 4.74 Å². The summed E-state index contributed by atoms with van der Waals surface area (Å²) in [7, 11) is 0. The summed E-state index contributed by atoms with van der Waals surface area (Å²) < 4.78 is 5.60. The fourth-order valence-electron chi connectivity index (χ4n) is 3.31. The smallest absolute Gasteiger partial charge is 0.260 e. The number of rotatable bonds is 4. The summed E-state index contributed by atoms with van der Waals surface area (Å²) >= 11 is 0. The summed E-state index contributed by atoms with van der Waals surface area (Å²) in [6, 6.07) is 7.82. The SMILES string of the molecule is Cc1ccc(OCC(=O)N2CCCC(N3CCNCC3=O)C2)cc1.Cl. The van der Waals surface area contributed by atoms with Crippen LogP contribution in [0, 0.1) is 6.92 Å². The molecular weight excluding hydrogens is 342 g/mol. The summed E-state index contributed by atoms with van der Waals surface area (Å²) in [5.74, 6) is 0.833. The Hall–Kier alpha value is -1.79. The second-order valence-electron chi connectivity index (χ2n) is 6.50. The van der Waals surface area contributed by atoms with Gasteiger partial charge in [0.05, 0.1) is 6.54 Å². The third-order valence-corrected chi connectivity index (χ3v) is 4.70. The zero-order chi connectivity index (χ0) is 16.9. The number of hydrogen-bond acceptors (Lipinski definition) is 4. The molecule has 2 amide bonds. The molecule has 2 aliphatic rings. The molecule has 1 N–H and O–H groups in total. The number of nitrogens with one attached hydrogen (secondary N) is 1. The number of nitrogens with zero attached hydrogens (tertiary/aromatic N) is 2. The standard InChI is InChI=1S/C18H25N3O3.ClH/c1-14-4-6-16(7-5-14)24-13-18(23)20-9-2-3-15(12-20)21-10-8-19-11-17(21)22;/h4-7,15,19H,2-3,8-13H2,1H3;1H. The van der Waals surface area contributed by atoms with Gasteiger partial charge >= 0.3 is 0 Å². The Morgan fingerprint density at radius 3 is 2.76 bits per heavy atom. The third kappa shape index (κ3) is 5.09. The topological polar surface area (TPSA) is 61.9 Å². The molecule has 2 fully saturated rings. The van der Waals surface area contributed by atoms with Crippen molar-refractivity contribution in [2.24, 2.45) is 0 Å². The Morgan fingerprint density at radius 1 is 1.28 bits per heavy atom. The largest absolute Gasteiger partial charge is 0.484 e. The van der Waals surface area contributed by atoms with Crippen molar-refractivity contribution < 1.29 is 14.3 Å². The molecule has 0 bridgehead atoms. The van der Waals surface area contributed by atoms with Gasteiger partial charge in [0.15, 0.2) is 6.61 Å². The lowest BCUT2D eigenvalue weighted by Crippen LogP contribution is -2.57. The van der Waals surface area contributed by atoms with Gasteiger partial charge in [0, 0.05) is 32.2 Å². The van der Waals surface area contributed by atoms with Crippen molar-refractivity contribution in [1.29, 1.82) is 0 Å². The Kier molecular flexibility index (Phi) is 7.08. The van der Waals surface area contributed by atoms with Crippen LogP contribution in [-0.4, -0.2) is 67.0 Å². The lowest BCUT2D eigenvalue weighted by Gasteiger charge is -2.41. The molecule has 2 heterocycles. The van der Waals surface area contributed by atoms with E-state index in [0.717, 1.165) is 38.0 Å². The van der Waals surface area contributed by atoms with Gasteiger partial charge in [-0.2, -0.15) is 0 Å². The van der Waals surface area contributed by atoms with Gasteiger partial charge in [-0.1, -0.05) is 17.7 Å². The minimum absolute atomic E-state index is 0. The highest BCUT2D eigenvalue weighted by Gasteiger charge is 2.31. The first-order valence-electron chi connectivity index (χ1n) is 8.61. The van der Waals surface area contributed by atoms with Crippen molar-refractivity contribution in [3.8, 4) is 5.75 Å². The maximum absolute atomic E-state index is 12.4. The van der Waals surface area contributed by atoms with Gasteiger partial charge in [0.1, 0.15) is 5.75 Å². The molecular formula is C18H26ClN3O3. The molecule has 7 heteroatoms. The number of carbonyl (C=O) groups is 2. The van der Waals surface area contributed by atoms with Crippen molar-refractivity contribution in [3.63, 3.8) is 0 Å². The molecule has 138 valence electrons. The molecule has 1 unspecified atom stereocenters. The van der Waals surface area contributed by atoms with Gasteiger partial charge in [-0.05, 0) is 31.9 Å². The molecule has 0 saturated carbocycles. The number of likely N-dealkylation sites (tertiary alicyclic amines) is 1. The lowest BCUT2D eigenvalue weighted by molar-refractivity contribution is -0.141. The second-order valence-corrected chi connectivity index (χ2v) is 6.50. The monoisotopic (exact) mass is 367 g/mol. The van der Waals surface area contributed by atoms with E-state index in [9.17, 15) is 9.59 Å². The average Bonchev–Trinajstić information content (AvgIpc) is 2.61. The van der Waals surface area contributed by atoms with Crippen molar-refractivity contribution in [3.05, 3.63) is 29.8 Å². The van der Waals surface area contributed by atoms with E-state index < -0.39 is 0 Å². The Morgan fingerprint density at radius 2 is 2.04 bits per heavy atom. The van der Waals surface area contributed by atoms with E-state index in [1.165, 1.54) is 0 Å². The number of ether oxygens (including phenoxy) is 1. The molecule has 2 aliphatic heterocycles. The van der Waals surface area contributed by atoms with E-state index in [-0.39, 0.29) is 36.9 Å². The summed E-state index contributed by atoms with van der Waals surface area (Å²) in [4.78, 5) is 28.2.